The van der Waals surface area contributed by atoms with E-state index in [0.717, 1.165) is 65.2 Å². The van der Waals surface area contributed by atoms with Crippen molar-refractivity contribution in [1.29, 1.82) is 0 Å². The average Bonchev–Trinajstić information content (AvgIpc) is 3.37. The number of carbonyl (C=O) groups is 1. The molecule has 5 rings (SSSR count). The first kappa shape index (κ1) is 37.1. The van der Waals surface area contributed by atoms with Gasteiger partial charge in [-0.05, 0) is 67.5 Å². The molecule has 247 valence electrons. The summed E-state index contributed by atoms with van der Waals surface area (Å²) in [5.41, 5.74) is 5.83. The number of nitrogens with zero attached hydrogens (tertiary/aromatic N) is 1. The van der Waals surface area contributed by atoms with Gasteiger partial charge in [0.05, 0.1) is 16.9 Å². The monoisotopic (exact) mass is 801 g/mol. The molecular formula is C40H47FIrNO3-. The summed E-state index contributed by atoms with van der Waals surface area (Å²) in [5, 5.41) is 12.9. The van der Waals surface area contributed by atoms with Crippen LogP contribution < -0.4 is 0 Å². The maximum Gasteiger partial charge on any atom is 0.164 e. The maximum absolute atomic E-state index is 13.7. The van der Waals surface area contributed by atoms with E-state index in [1.165, 1.54) is 29.2 Å². The maximum atomic E-state index is 13.7. The molecule has 0 fully saturated rings. The van der Waals surface area contributed by atoms with Crippen molar-refractivity contribution < 1.29 is 38.8 Å². The van der Waals surface area contributed by atoms with Crippen LogP contribution in [-0.2, 0) is 31.3 Å². The van der Waals surface area contributed by atoms with Gasteiger partial charge in [-0.1, -0.05) is 90.6 Å². The third kappa shape index (κ3) is 8.14. The number of aryl methyl sites for hydroxylation is 1. The number of hydrogen-bond acceptors (Lipinski definition) is 4. The van der Waals surface area contributed by atoms with E-state index >= 15 is 0 Å². The van der Waals surface area contributed by atoms with Crippen LogP contribution in [0, 0.1) is 36.1 Å². The summed E-state index contributed by atoms with van der Waals surface area (Å²) >= 11 is 0. The van der Waals surface area contributed by atoms with Gasteiger partial charge >= 0.3 is 0 Å². The first-order chi connectivity index (χ1) is 21.4. The molecule has 0 aliphatic rings. The van der Waals surface area contributed by atoms with E-state index < -0.39 is 0 Å². The number of pyridine rings is 1. The minimum Gasteiger partial charge on any atom is -0.512 e. The predicted octanol–water partition coefficient (Wildman–Crippen LogP) is 11.5. The third-order valence-corrected chi connectivity index (χ3v) is 9.13. The summed E-state index contributed by atoms with van der Waals surface area (Å²) in [5.74, 6) is 0.665. The Morgan fingerprint density at radius 1 is 1.00 bits per heavy atom. The molecule has 0 aliphatic carbocycles. The van der Waals surface area contributed by atoms with E-state index in [-0.39, 0.29) is 48.8 Å². The van der Waals surface area contributed by atoms with Crippen LogP contribution in [0.1, 0.15) is 85.3 Å². The smallest absolute Gasteiger partial charge is 0.164 e. The van der Waals surface area contributed by atoms with Gasteiger partial charge in [-0.2, -0.15) is 0 Å². The van der Waals surface area contributed by atoms with Crippen molar-refractivity contribution in [2.24, 2.45) is 17.3 Å². The summed E-state index contributed by atoms with van der Waals surface area (Å²) in [4.78, 5) is 17.0. The molecule has 3 aromatic carbocycles. The fraction of sp³-hybridized carbons (Fsp3) is 0.400. The number of benzene rings is 3. The van der Waals surface area contributed by atoms with Gasteiger partial charge in [0.2, 0.25) is 0 Å². The van der Waals surface area contributed by atoms with Crippen molar-refractivity contribution >= 4 is 38.6 Å². The number of furan rings is 1. The summed E-state index contributed by atoms with van der Waals surface area (Å²) in [6, 6.07) is 20.6. The van der Waals surface area contributed by atoms with Crippen molar-refractivity contribution in [3.8, 4) is 11.3 Å². The van der Waals surface area contributed by atoms with Crippen LogP contribution >= 0.6 is 0 Å². The standard InChI is InChI=1S/C26H21FNO.C14H26O2.Ir/c1-15(2)10-17-13-24(28-23-7-5-4-6-19(17)23)22-12-16(3)11-21-20-9-8-18(27)14-25(20)29-26(21)22;1-6-11(7-2)12(15)10-13(16)14(5,8-3)9-4;/h4-9,11,13-15H,10H2,1-3H3;10-11,15H,6-9H2,1-5H3;/q-1;;/b;12-10-;. The average molecular weight is 801 g/mol. The van der Waals surface area contributed by atoms with Gasteiger partial charge in [-0.15, -0.1) is 17.7 Å². The molecule has 0 bridgehead atoms. The number of aromatic nitrogens is 1. The quantitative estimate of drug-likeness (QED) is 0.0868. The number of rotatable bonds is 10. The van der Waals surface area contributed by atoms with Crippen molar-refractivity contribution in [1.82, 2.24) is 4.98 Å². The van der Waals surface area contributed by atoms with E-state index in [0.29, 0.717) is 17.1 Å². The molecule has 0 aliphatic heterocycles. The largest absolute Gasteiger partial charge is 0.512 e. The number of halogens is 1. The van der Waals surface area contributed by atoms with Gasteiger partial charge in [0.25, 0.3) is 0 Å². The minimum absolute atomic E-state index is 0. The SMILES string of the molecule is CCC(CC)/C(O)=C/C(=O)C(C)(CC)CC.Cc1[c-]c(-c2cc(CC(C)C)c3ccccc3n2)c2oc3cc(F)ccc3c2c1.[Ir]. The van der Waals surface area contributed by atoms with Gasteiger partial charge < -0.3 is 9.52 Å². The van der Waals surface area contributed by atoms with Gasteiger partial charge in [0, 0.05) is 54.4 Å². The molecule has 1 radical (unpaired) electrons. The molecule has 1 N–H and O–H groups in total. The first-order valence-electron chi connectivity index (χ1n) is 16.3. The van der Waals surface area contributed by atoms with Gasteiger partial charge in [0.15, 0.2) is 5.78 Å². The summed E-state index contributed by atoms with van der Waals surface area (Å²) < 4.78 is 19.8. The van der Waals surface area contributed by atoms with Crippen molar-refractivity contribution in [3.05, 3.63) is 89.4 Å². The van der Waals surface area contributed by atoms with E-state index in [4.69, 9.17) is 9.40 Å². The number of allylic oxidation sites excluding steroid dienone is 2. The van der Waals surface area contributed by atoms with E-state index in [1.807, 2.05) is 59.7 Å². The van der Waals surface area contributed by atoms with Crippen LogP contribution in [0.2, 0.25) is 0 Å². The molecule has 46 heavy (non-hydrogen) atoms. The normalized spacial score (nSPS) is 12.1. The summed E-state index contributed by atoms with van der Waals surface area (Å²) in [6.45, 7) is 16.5. The number of para-hydroxylation sites is 1. The number of carbonyl (C=O) groups excluding carboxylic acids is 1. The van der Waals surface area contributed by atoms with Gasteiger partial charge in [0.1, 0.15) is 11.4 Å². The Kier molecular flexibility index (Phi) is 12.9. The molecule has 0 atom stereocenters. The Hall–Kier alpha value is -3.34. The molecule has 0 unspecified atom stereocenters. The van der Waals surface area contributed by atoms with Crippen molar-refractivity contribution in [2.75, 3.05) is 0 Å². The van der Waals surface area contributed by atoms with E-state index in [2.05, 4.69) is 38.1 Å². The van der Waals surface area contributed by atoms with Gasteiger partial charge in [-0.3, -0.25) is 9.78 Å². The zero-order valence-corrected chi connectivity index (χ0v) is 30.8. The fourth-order valence-electron chi connectivity index (χ4n) is 5.82. The molecule has 2 heterocycles. The van der Waals surface area contributed by atoms with Crippen LogP contribution in [0.3, 0.4) is 0 Å². The van der Waals surface area contributed by atoms with Crippen LogP contribution in [0.15, 0.2) is 70.8 Å². The second-order valence-corrected chi connectivity index (χ2v) is 12.8. The van der Waals surface area contributed by atoms with Crippen LogP contribution in [0.25, 0.3) is 44.1 Å². The van der Waals surface area contributed by atoms with Crippen molar-refractivity contribution in [2.45, 2.75) is 87.5 Å². The Morgan fingerprint density at radius 3 is 2.30 bits per heavy atom. The third-order valence-electron chi connectivity index (χ3n) is 9.13. The number of fused-ring (bicyclic) bond motifs is 4. The summed E-state index contributed by atoms with van der Waals surface area (Å²) in [6.07, 6.45) is 5.80. The van der Waals surface area contributed by atoms with Gasteiger partial charge in [-0.25, -0.2) is 4.39 Å². The molecule has 6 heteroatoms. The first-order valence-corrected chi connectivity index (χ1v) is 16.3. The molecule has 0 amide bonds. The summed E-state index contributed by atoms with van der Waals surface area (Å²) in [7, 11) is 0. The second-order valence-electron chi connectivity index (χ2n) is 12.8. The molecule has 0 saturated heterocycles. The van der Waals surface area contributed by atoms with E-state index in [9.17, 15) is 14.3 Å². The molecule has 0 spiro atoms. The second kappa shape index (κ2) is 16.0. The number of ketones is 1. The number of aliphatic hydroxyl groups excluding tert-OH is 1. The fourth-order valence-corrected chi connectivity index (χ4v) is 5.82. The zero-order valence-electron chi connectivity index (χ0n) is 28.4. The Morgan fingerprint density at radius 2 is 1.67 bits per heavy atom. The molecule has 0 saturated carbocycles. The molecule has 4 nitrogen and oxygen atoms in total. The molecular weight excluding hydrogens is 754 g/mol. The van der Waals surface area contributed by atoms with E-state index in [1.54, 1.807) is 6.07 Å². The molecule has 5 aromatic rings. The van der Waals surface area contributed by atoms with Crippen LogP contribution in [-0.4, -0.2) is 15.9 Å². The number of hydrogen-bond donors (Lipinski definition) is 1. The van der Waals surface area contributed by atoms with Crippen LogP contribution in [0.5, 0.6) is 0 Å². The topological polar surface area (TPSA) is 63.3 Å². The Labute approximate surface area is 286 Å². The molecule has 2 aromatic heterocycles. The van der Waals surface area contributed by atoms with Crippen molar-refractivity contribution in [3.63, 3.8) is 0 Å². The van der Waals surface area contributed by atoms with Crippen LogP contribution in [0.4, 0.5) is 4.39 Å². The Balaban J connectivity index is 0.000000293. The zero-order chi connectivity index (χ0) is 32.9. The predicted molar refractivity (Wildman–Crippen MR) is 185 cm³/mol. The number of aliphatic hydroxyl groups is 1. The minimum atomic E-state index is -0.319. The Bertz CT molecular complexity index is 1830.